The fourth-order valence-corrected chi connectivity index (χ4v) is 4.44. The van der Waals surface area contributed by atoms with E-state index in [1.165, 1.54) is 6.92 Å². The number of hydrogen-bond acceptors (Lipinski definition) is 10. The quantitative estimate of drug-likeness (QED) is 0.305. The molecular formula is C29H25F3N2O10. The highest BCUT2D eigenvalue weighted by atomic mass is 19.4. The molecule has 4 rings (SSSR count). The molecule has 2 aromatic rings. The van der Waals surface area contributed by atoms with Crippen LogP contribution in [0.3, 0.4) is 0 Å². The van der Waals surface area contributed by atoms with E-state index < -0.39 is 70.6 Å². The zero-order valence-electron chi connectivity index (χ0n) is 23.6. The molecule has 2 aliphatic rings. The second kappa shape index (κ2) is 12.8. The molecule has 0 saturated carbocycles. The van der Waals surface area contributed by atoms with Crippen molar-refractivity contribution in [3.8, 4) is 39.5 Å². The summed E-state index contributed by atoms with van der Waals surface area (Å²) in [6.45, 7) is 4.32. The SMILES string of the molecule is CC(=O)OC1CC=CC=C1C(N)=O.CC(=O)Oc1c(C(N)=O)c(OC(C)=O)c2c(OC(C)=O)c1-c1ccc(C(F)(F)F)cc1-2. The van der Waals surface area contributed by atoms with E-state index in [0.717, 1.165) is 39.0 Å². The lowest BCUT2D eigenvalue weighted by atomic mass is 10.0. The predicted octanol–water partition coefficient (Wildman–Crippen LogP) is 3.52. The van der Waals surface area contributed by atoms with Gasteiger partial charge in [-0.3, -0.25) is 28.8 Å². The maximum Gasteiger partial charge on any atom is 0.416 e. The molecule has 4 N–H and O–H groups in total. The van der Waals surface area contributed by atoms with Gasteiger partial charge < -0.3 is 30.4 Å². The maximum absolute atomic E-state index is 13.3. The first-order valence-corrected chi connectivity index (χ1v) is 12.6. The van der Waals surface area contributed by atoms with Crippen LogP contribution in [0.1, 0.15) is 50.0 Å². The molecule has 0 fully saturated rings. The Morgan fingerprint density at radius 2 is 1.27 bits per heavy atom. The summed E-state index contributed by atoms with van der Waals surface area (Å²) < 4.78 is 60.2. The van der Waals surface area contributed by atoms with Crippen molar-refractivity contribution in [2.45, 2.75) is 46.4 Å². The lowest BCUT2D eigenvalue weighted by Crippen LogP contribution is -2.28. The summed E-state index contributed by atoms with van der Waals surface area (Å²) in [5.41, 5.74) is 8.73. The van der Waals surface area contributed by atoms with E-state index in [9.17, 15) is 41.9 Å². The molecule has 0 heterocycles. The average Bonchev–Trinajstić information content (AvgIpc) is 3.12. The van der Waals surface area contributed by atoms with Crippen LogP contribution in [0.25, 0.3) is 22.3 Å². The summed E-state index contributed by atoms with van der Waals surface area (Å²) >= 11 is 0. The van der Waals surface area contributed by atoms with Crippen molar-refractivity contribution < 1.29 is 60.9 Å². The van der Waals surface area contributed by atoms with E-state index in [-0.39, 0.29) is 28.0 Å². The van der Waals surface area contributed by atoms with Crippen LogP contribution in [0.5, 0.6) is 17.2 Å². The normalized spacial score (nSPS) is 14.2. The second-order valence-electron chi connectivity index (χ2n) is 9.26. The molecule has 0 aliphatic heterocycles. The lowest BCUT2D eigenvalue weighted by Gasteiger charge is -2.18. The number of fused-ring (bicyclic) bond motifs is 5. The predicted molar refractivity (Wildman–Crippen MR) is 145 cm³/mol. The molecule has 0 saturated heterocycles. The summed E-state index contributed by atoms with van der Waals surface area (Å²) in [4.78, 5) is 68.8. The Kier molecular flexibility index (Phi) is 9.62. The van der Waals surface area contributed by atoms with Crippen molar-refractivity contribution in [3.05, 3.63) is 53.1 Å². The van der Waals surface area contributed by atoms with Gasteiger partial charge in [-0.15, -0.1) is 0 Å². The summed E-state index contributed by atoms with van der Waals surface area (Å²) in [6.07, 6.45) is 0.382. The molecule has 1 unspecified atom stereocenters. The number of halogens is 3. The second-order valence-corrected chi connectivity index (χ2v) is 9.26. The van der Waals surface area contributed by atoms with Crippen molar-refractivity contribution in [2.24, 2.45) is 11.5 Å². The molecule has 0 spiro atoms. The zero-order valence-corrected chi connectivity index (χ0v) is 23.6. The Bertz CT molecular complexity index is 1660. The van der Waals surface area contributed by atoms with E-state index in [1.54, 1.807) is 12.2 Å². The van der Waals surface area contributed by atoms with E-state index in [4.69, 9.17) is 30.4 Å². The minimum absolute atomic E-state index is 0.0522. The van der Waals surface area contributed by atoms with Crippen molar-refractivity contribution in [1.82, 2.24) is 0 Å². The van der Waals surface area contributed by atoms with Gasteiger partial charge in [-0.2, -0.15) is 13.2 Å². The van der Waals surface area contributed by atoms with Crippen LogP contribution in [0.2, 0.25) is 0 Å². The van der Waals surface area contributed by atoms with Gasteiger partial charge in [0.2, 0.25) is 5.91 Å². The van der Waals surface area contributed by atoms with E-state index in [1.807, 2.05) is 6.08 Å². The van der Waals surface area contributed by atoms with Crippen LogP contribution in [-0.2, 0) is 34.9 Å². The van der Waals surface area contributed by atoms with Crippen molar-refractivity contribution in [3.63, 3.8) is 0 Å². The molecule has 232 valence electrons. The number of amides is 2. The third kappa shape index (κ3) is 7.11. The number of rotatable bonds is 6. The van der Waals surface area contributed by atoms with Gasteiger partial charge in [0.25, 0.3) is 5.91 Å². The van der Waals surface area contributed by atoms with E-state index >= 15 is 0 Å². The number of carbonyl (C=O) groups excluding carboxylic acids is 6. The Labute approximate surface area is 247 Å². The first-order chi connectivity index (χ1) is 20.4. The van der Waals surface area contributed by atoms with Gasteiger partial charge >= 0.3 is 30.1 Å². The molecule has 2 bridgehead atoms. The van der Waals surface area contributed by atoms with Gasteiger partial charge in [-0.25, -0.2) is 0 Å². The molecule has 44 heavy (non-hydrogen) atoms. The molecule has 2 aliphatic carbocycles. The molecular weight excluding hydrogens is 593 g/mol. The third-order valence-electron chi connectivity index (χ3n) is 5.93. The molecule has 15 heteroatoms. The number of hydrogen-bond donors (Lipinski definition) is 2. The zero-order chi connectivity index (χ0) is 33.1. The topological polar surface area (TPSA) is 191 Å². The minimum atomic E-state index is -4.72. The Morgan fingerprint density at radius 1 is 0.750 bits per heavy atom. The molecule has 2 aromatic carbocycles. The number of alkyl halides is 3. The maximum atomic E-state index is 13.3. The Hall–Kier alpha value is -5.47. The van der Waals surface area contributed by atoms with Crippen LogP contribution >= 0.6 is 0 Å². The van der Waals surface area contributed by atoms with E-state index in [0.29, 0.717) is 12.0 Å². The Morgan fingerprint density at radius 3 is 1.73 bits per heavy atom. The minimum Gasteiger partial charge on any atom is -0.457 e. The first kappa shape index (κ1) is 33.0. The van der Waals surface area contributed by atoms with Gasteiger partial charge in [-0.1, -0.05) is 24.3 Å². The number of primary amides is 2. The molecule has 2 amide bonds. The highest BCUT2D eigenvalue weighted by molar-refractivity contribution is 6.14. The monoisotopic (exact) mass is 618 g/mol. The van der Waals surface area contributed by atoms with Gasteiger partial charge in [0.05, 0.1) is 22.3 Å². The fraction of sp³-hybridized carbons (Fsp3) is 0.241. The number of ether oxygens (including phenoxy) is 4. The van der Waals surface area contributed by atoms with Gasteiger partial charge in [0.1, 0.15) is 11.7 Å². The van der Waals surface area contributed by atoms with Crippen LogP contribution in [0.4, 0.5) is 13.2 Å². The number of nitrogens with two attached hydrogens (primary N) is 2. The number of benzene rings is 2. The summed E-state index contributed by atoms with van der Waals surface area (Å²) in [5.74, 6) is -6.29. The summed E-state index contributed by atoms with van der Waals surface area (Å²) in [6, 6.07) is 2.56. The highest BCUT2D eigenvalue weighted by Crippen LogP contribution is 2.61. The summed E-state index contributed by atoms with van der Waals surface area (Å²) in [5, 5.41) is 0. The van der Waals surface area contributed by atoms with Gasteiger partial charge in [0.15, 0.2) is 17.2 Å². The Balaban J connectivity index is 0.000000340. The molecule has 1 atom stereocenters. The lowest BCUT2D eigenvalue weighted by molar-refractivity contribution is -0.145. The number of carbonyl (C=O) groups is 6. The van der Waals surface area contributed by atoms with Crippen LogP contribution in [0.15, 0.2) is 42.0 Å². The smallest absolute Gasteiger partial charge is 0.416 e. The van der Waals surface area contributed by atoms with Crippen LogP contribution < -0.4 is 25.7 Å². The van der Waals surface area contributed by atoms with Crippen LogP contribution in [-0.4, -0.2) is 41.8 Å². The average molecular weight is 619 g/mol. The molecule has 0 aromatic heterocycles. The number of esters is 4. The summed E-state index contributed by atoms with van der Waals surface area (Å²) in [7, 11) is 0. The van der Waals surface area contributed by atoms with Crippen molar-refractivity contribution in [2.75, 3.05) is 0 Å². The van der Waals surface area contributed by atoms with Crippen molar-refractivity contribution >= 4 is 35.7 Å². The third-order valence-corrected chi connectivity index (χ3v) is 5.93. The largest absolute Gasteiger partial charge is 0.457 e. The van der Waals surface area contributed by atoms with Gasteiger partial charge in [-0.05, 0) is 23.3 Å². The van der Waals surface area contributed by atoms with Gasteiger partial charge in [0, 0.05) is 34.1 Å². The van der Waals surface area contributed by atoms with Crippen LogP contribution in [0, 0.1) is 0 Å². The first-order valence-electron chi connectivity index (χ1n) is 12.6. The standard InChI is InChI=1S/C20H14F3NO7.C9H11NO3/c1-7(25)29-16-13-11-5-4-10(20(21,22)23)6-12(11)14(16)18(31-9(3)27)15(19(24)28)17(13)30-8(2)26;1-6(11)13-8-5-3-2-4-7(8)9(10)12/h4-6H,1-3H3,(H2,24,28);2-4,8H,5H2,1H3,(H2,10,12). The van der Waals surface area contributed by atoms with E-state index in [2.05, 4.69) is 0 Å². The molecule has 12 nitrogen and oxygen atoms in total. The highest BCUT2D eigenvalue weighted by Gasteiger charge is 2.41. The fourth-order valence-electron chi connectivity index (χ4n) is 4.44. The number of allylic oxidation sites excluding steroid dienone is 2. The van der Waals surface area contributed by atoms with Crippen molar-refractivity contribution in [1.29, 1.82) is 0 Å². The molecule has 0 radical (unpaired) electrons.